The molecule has 1 amide bonds. The van der Waals surface area contributed by atoms with Crippen LogP contribution in [0.2, 0.25) is 0 Å². The summed E-state index contributed by atoms with van der Waals surface area (Å²) in [6.07, 6.45) is 2.30. The summed E-state index contributed by atoms with van der Waals surface area (Å²) in [7, 11) is 1.66. The lowest BCUT2D eigenvalue weighted by atomic mass is 10.0. The fraction of sp³-hybridized carbons (Fsp3) is 0.292. The fourth-order valence-corrected chi connectivity index (χ4v) is 3.94. The number of methoxy groups -OCH3 is 1. The van der Waals surface area contributed by atoms with E-state index >= 15 is 0 Å². The molecule has 3 aromatic rings. The molecular formula is C24H25FN2O3. The zero-order chi connectivity index (χ0) is 20.9. The van der Waals surface area contributed by atoms with Crippen molar-refractivity contribution in [1.29, 1.82) is 0 Å². The third kappa shape index (κ3) is 4.39. The quantitative estimate of drug-likeness (QED) is 0.618. The number of hydrogen-bond acceptors (Lipinski definition) is 4. The Labute approximate surface area is 175 Å². The van der Waals surface area contributed by atoms with Gasteiger partial charge in [-0.15, -0.1) is 0 Å². The van der Waals surface area contributed by atoms with Gasteiger partial charge in [0.2, 0.25) is 0 Å². The highest BCUT2D eigenvalue weighted by Crippen LogP contribution is 2.31. The lowest BCUT2D eigenvalue weighted by molar-refractivity contribution is 0.0910. The predicted octanol–water partition coefficient (Wildman–Crippen LogP) is 4.66. The molecule has 0 saturated carbocycles. The molecule has 1 aliphatic rings. The van der Waals surface area contributed by atoms with Gasteiger partial charge in [-0.05, 0) is 68.4 Å². The summed E-state index contributed by atoms with van der Waals surface area (Å²) < 4.78 is 24.4. The van der Waals surface area contributed by atoms with E-state index in [0.717, 1.165) is 42.8 Å². The SMILES string of the molecule is COc1ccccc1C(CNC(=O)c1ccc(-c2ccc(F)cc2)o1)N1CCCC1. The third-order valence-corrected chi connectivity index (χ3v) is 5.49. The summed E-state index contributed by atoms with van der Waals surface area (Å²) in [5.74, 6) is 0.991. The fourth-order valence-electron chi connectivity index (χ4n) is 3.94. The van der Waals surface area contributed by atoms with Crippen LogP contribution in [0.3, 0.4) is 0 Å². The van der Waals surface area contributed by atoms with E-state index in [9.17, 15) is 9.18 Å². The topological polar surface area (TPSA) is 54.7 Å². The zero-order valence-corrected chi connectivity index (χ0v) is 16.9. The maximum atomic E-state index is 13.1. The Morgan fingerprint density at radius 1 is 1.10 bits per heavy atom. The summed E-state index contributed by atoms with van der Waals surface area (Å²) >= 11 is 0. The molecule has 4 rings (SSSR count). The number of halogens is 1. The van der Waals surface area contributed by atoms with Crippen molar-refractivity contribution in [2.24, 2.45) is 0 Å². The molecule has 2 aromatic carbocycles. The summed E-state index contributed by atoms with van der Waals surface area (Å²) in [6.45, 7) is 2.44. The van der Waals surface area contributed by atoms with Crippen molar-refractivity contribution in [3.63, 3.8) is 0 Å². The number of likely N-dealkylation sites (tertiary alicyclic amines) is 1. The summed E-state index contributed by atoms with van der Waals surface area (Å²) in [5.41, 5.74) is 1.79. The minimum atomic E-state index is -0.312. The summed E-state index contributed by atoms with van der Waals surface area (Å²) in [6, 6.07) is 17.3. The van der Waals surface area contributed by atoms with Gasteiger partial charge < -0.3 is 14.5 Å². The molecule has 5 nitrogen and oxygen atoms in total. The van der Waals surface area contributed by atoms with E-state index in [1.54, 1.807) is 31.4 Å². The number of nitrogens with one attached hydrogen (secondary N) is 1. The van der Waals surface area contributed by atoms with E-state index in [1.165, 1.54) is 12.1 Å². The normalized spacial score (nSPS) is 15.1. The molecule has 1 aliphatic heterocycles. The first-order valence-electron chi connectivity index (χ1n) is 10.2. The standard InChI is InChI=1S/C24H25FN2O3/c1-29-22-7-3-2-6-19(22)20(27-14-4-5-15-27)16-26-24(28)23-13-12-21(30-23)17-8-10-18(25)11-9-17/h2-3,6-13,20H,4-5,14-16H2,1H3,(H,26,28). The van der Waals surface area contributed by atoms with Gasteiger partial charge in [0, 0.05) is 17.7 Å². The van der Waals surface area contributed by atoms with Crippen LogP contribution < -0.4 is 10.1 Å². The molecule has 6 heteroatoms. The molecule has 0 spiro atoms. The van der Waals surface area contributed by atoms with Gasteiger partial charge >= 0.3 is 0 Å². The van der Waals surface area contributed by atoms with Gasteiger partial charge in [-0.3, -0.25) is 9.69 Å². The molecule has 0 aliphatic carbocycles. The van der Waals surface area contributed by atoms with Crippen LogP contribution in [0.4, 0.5) is 4.39 Å². The highest BCUT2D eigenvalue weighted by molar-refractivity contribution is 5.92. The van der Waals surface area contributed by atoms with Crippen LogP contribution in [0.5, 0.6) is 5.75 Å². The van der Waals surface area contributed by atoms with Crippen LogP contribution in [0.1, 0.15) is 35.0 Å². The predicted molar refractivity (Wildman–Crippen MR) is 113 cm³/mol. The molecule has 1 aromatic heterocycles. The van der Waals surface area contributed by atoms with Crippen LogP contribution in [-0.2, 0) is 0 Å². The molecular weight excluding hydrogens is 383 g/mol. The number of carbonyl (C=O) groups excluding carboxylic acids is 1. The van der Waals surface area contributed by atoms with E-state index in [2.05, 4.69) is 10.2 Å². The minimum Gasteiger partial charge on any atom is -0.496 e. The average molecular weight is 408 g/mol. The second-order valence-electron chi connectivity index (χ2n) is 7.38. The van der Waals surface area contributed by atoms with E-state index in [0.29, 0.717) is 12.3 Å². The van der Waals surface area contributed by atoms with Gasteiger partial charge in [-0.25, -0.2) is 4.39 Å². The Morgan fingerprint density at radius 3 is 2.57 bits per heavy atom. The van der Waals surface area contributed by atoms with Gasteiger partial charge in [-0.2, -0.15) is 0 Å². The second-order valence-corrected chi connectivity index (χ2v) is 7.38. The minimum absolute atomic E-state index is 0.0270. The number of hydrogen-bond donors (Lipinski definition) is 1. The lowest BCUT2D eigenvalue weighted by Gasteiger charge is -2.29. The van der Waals surface area contributed by atoms with Gasteiger partial charge in [0.1, 0.15) is 17.3 Å². The number of benzene rings is 2. The number of carbonyl (C=O) groups is 1. The first-order chi connectivity index (χ1) is 14.7. The maximum absolute atomic E-state index is 13.1. The Balaban J connectivity index is 1.48. The maximum Gasteiger partial charge on any atom is 0.287 e. The molecule has 0 radical (unpaired) electrons. The Morgan fingerprint density at radius 2 is 1.83 bits per heavy atom. The van der Waals surface area contributed by atoms with Crippen molar-refractivity contribution in [2.75, 3.05) is 26.7 Å². The Kier molecular flexibility index (Phi) is 6.14. The van der Waals surface area contributed by atoms with Crippen molar-refractivity contribution in [2.45, 2.75) is 18.9 Å². The second kappa shape index (κ2) is 9.13. The van der Waals surface area contributed by atoms with E-state index < -0.39 is 0 Å². The summed E-state index contributed by atoms with van der Waals surface area (Å²) in [4.78, 5) is 15.1. The van der Waals surface area contributed by atoms with Crippen molar-refractivity contribution < 1.29 is 18.3 Å². The van der Waals surface area contributed by atoms with Crippen LogP contribution in [0, 0.1) is 5.82 Å². The highest BCUT2D eigenvalue weighted by Gasteiger charge is 2.26. The summed E-state index contributed by atoms with van der Waals surface area (Å²) in [5, 5.41) is 3.01. The molecule has 1 N–H and O–H groups in total. The van der Waals surface area contributed by atoms with Gasteiger partial charge in [0.05, 0.1) is 13.2 Å². The van der Waals surface area contributed by atoms with Gasteiger partial charge in [0.15, 0.2) is 5.76 Å². The van der Waals surface area contributed by atoms with Crippen LogP contribution >= 0.6 is 0 Å². The van der Waals surface area contributed by atoms with E-state index in [4.69, 9.17) is 9.15 Å². The highest BCUT2D eigenvalue weighted by atomic mass is 19.1. The zero-order valence-electron chi connectivity index (χ0n) is 16.9. The lowest BCUT2D eigenvalue weighted by Crippen LogP contribution is -2.36. The number of para-hydroxylation sites is 1. The van der Waals surface area contributed by atoms with Crippen LogP contribution in [-0.4, -0.2) is 37.6 Å². The van der Waals surface area contributed by atoms with Gasteiger partial charge in [-0.1, -0.05) is 18.2 Å². The van der Waals surface area contributed by atoms with Crippen molar-refractivity contribution in [3.8, 4) is 17.1 Å². The van der Waals surface area contributed by atoms with Crippen molar-refractivity contribution >= 4 is 5.91 Å². The molecule has 1 fully saturated rings. The molecule has 0 bridgehead atoms. The molecule has 1 atom stereocenters. The molecule has 156 valence electrons. The number of nitrogens with zero attached hydrogens (tertiary/aromatic N) is 1. The average Bonchev–Trinajstić information content (AvgIpc) is 3.47. The van der Waals surface area contributed by atoms with Crippen LogP contribution in [0.15, 0.2) is 65.1 Å². The number of amides is 1. The first kappa shape index (κ1) is 20.2. The van der Waals surface area contributed by atoms with Gasteiger partial charge in [0.25, 0.3) is 5.91 Å². The van der Waals surface area contributed by atoms with Crippen molar-refractivity contribution in [1.82, 2.24) is 10.2 Å². The number of rotatable bonds is 7. The van der Waals surface area contributed by atoms with E-state index in [-0.39, 0.29) is 23.5 Å². The van der Waals surface area contributed by atoms with Crippen molar-refractivity contribution in [3.05, 3.63) is 77.8 Å². The smallest absolute Gasteiger partial charge is 0.287 e. The monoisotopic (exact) mass is 408 g/mol. The largest absolute Gasteiger partial charge is 0.496 e. The molecule has 1 unspecified atom stereocenters. The Hall–Kier alpha value is -3.12. The van der Waals surface area contributed by atoms with Crippen LogP contribution in [0.25, 0.3) is 11.3 Å². The molecule has 30 heavy (non-hydrogen) atoms. The number of furan rings is 1. The first-order valence-corrected chi connectivity index (χ1v) is 10.2. The molecule has 1 saturated heterocycles. The third-order valence-electron chi connectivity index (χ3n) is 5.49. The number of ether oxygens (including phenoxy) is 1. The van der Waals surface area contributed by atoms with E-state index in [1.807, 2.05) is 24.3 Å². The molecule has 2 heterocycles. The Bertz CT molecular complexity index is 994.